The molecule has 1 saturated carbocycles. The number of hydrogen-bond donors (Lipinski definition) is 1. The molecule has 106 valence electrons. The van der Waals surface area contributed by atoms with Crippen molar-refractivity contribution < 1.29 is 13.2 Å². The summed E-state index contributed by atoms with van der Waals surface area (Å²) < 4.78 is 38.6. The number of halogens is 5. The molecule has 0 aromatic heterocycles. The van der Waals surface area contributed by atoms with Crippen LogP contribution in [0, 0.1) is 5.92 Å². The highest BCUT2D eigenvalue weighted by molar-refractivity contribution is 9.10. The second-order valence-electron chi connectivity index (χ2n) is 4.86. The summed E-state index contributed by atoms with van der Waals surface area (Å²) in [5, 5.41) is 3.87. The maximum atomic E-state index is 12.6. The molecular weight excluding hydrogens is 343 g/mol. The van der Waals surface area contributed by atoms with Gasteiger partial charge in [-0.05, 0) is 59.8 Å². The van der Waals surface area contributed by atoms with Gasteiger partial charge in [0.05, 0.1) is 11.6 Å². The minimum absolute atomic E-state index is 0.0772. The zero-order valence-corrected chi connectivity index (χ0v) is 12.4. The van der Waals surface area contributed by atoms with E-state index in [0.29, 0.717) is 17.9 Å². The van der Waals surface area contributed by atoms with Crippen LogP contribution in [0.4, 0.5) is 18.9 Å². The van der Waals surface area contributed by atoms with E-state index in [1.54, 1.807) is 12.1 Å². The Morgan fingerprint density at radius 1 is 1.16 bits per heavy atom. The highest BCUT2D eigenvalue weighted by Gasteiger charge is 2.41. The lowest BCUT2D eigenvalue weighted by atomic mass is 9.85. The molecule has 6 heteroatoms. The van der Waals surface area contributed by atoms with Gasteiger partial charge in [-0.25, -0.2) is 0 Å². The predicted molar refractivity (Wildman–Crippen MR) is 74.6 cm³/mol. The molecule has 0 amide bonds. The summed E-state index contributed by atoms with van der Waals surface area (Å²) in [4.78, 5) is 0. The maximum absolute atomic E-state index is 12.6. The highest BCUT2D eigenvalue weighted by atomic mass is 79.9. The van der Waals surface area contributed by atoms with Gasteiger partial charge in [-0.2, -0.15) is 13.2 Å². The van der Waals surface area contributed by atoms with E-state index >= 15 is 0 Å². The minimum atomic E-state index is -4.05. The van der Waals surface area contributed by atoms with E-state index in [9.17, 15) is 13.2 Å². The van der Waals surface area contributed by atoms with E-state index in [4.69, 9.17) is 11.6 Å². The molecule has 1 aromatic rings. The van der Waals surface area contributed by atoms with Gasteiger partial charge >= 0.3 is 6.18 Å². The Hall–Kier alpha value is -0.420. The van der Waals surface area contributed by atoms with Crippen molar-refractivity contribution in [3.05, 3.63) is 27.7 Å². The SMILES string of the molecule is FC(F)(F)C1CCC(Nc2cc(Cl)ccc2Br)CC1. The van der Waals surface area contributed by atoms with Crippen molar-refractivity contribution in [1.82, 2.24) is 0 Å². The Morgan fingerprint density at radius 3 is 2.37 bits per heavy atom. The first-order chi connectivity index (χ1) is 8.86. The summed E-state index contributed by atoms with van der Waals surface area (Å²) >= 11 is 9.31. The van der Waals surface area contributed by atoms with Crippen LogP contribution in [0.1, 0.15) is 25.7 Å². The average molecular weight is 357 g/mol. The summed E-state index contributed by atoms with van der Waals surface area (Å²) in [5.41, 5.74) is 0.836. The van der Waals surface area contributed by atoms with E-state index in [1.807, 2.05) is 6.07 Å². The monoisotopic (exact) mass is 355 g/mol. The van der Waals surface area contributed by atoms with E-state index in [2.05, 4.69) is 21.2 Å². The Balaban J connectivity index is 1.94. The van der Waals surface area contributed by atoms with Crippen LogP contribution >= 0.6 is 27.5 Å². The molecule has 0 heterocycles. The zero-order chi connectivity index (χ0) is 14.0. The summed E-state index contributed by atoms with van der Waals surface area (Å²) in [6.07, 6.45) is -2.60. The van der Waals surface area contributed by atoms with Gasteiger partial charge in [0.2, 0.25) is 0 Å². The number of alkyl halides is 3. The molecule has 1 N–H and O–H groups in total. The van der Waals surface area contributed by atoms with Crippen LogP contribution in [-0.2, 0) is 0 Å². The third-order valence-corrected chi connectivity index (χ3v) is 4.40. The molecule has 0 unspecified atom stereocenters. The number of benzene rings is 1. The molecule has 1 aliphatic rings. The lowest BCUT2D eigenvalue weighted by Gasteiger charge is -2.31. The van der Waals surface area contributed by atoms with E-state index in [1.165, 1.54) is 0 Å². The first-order valence-electron chi connectivity index (χ1n) is 6.14. The number of hydrogen-bond acceptors (Lipinski definition) is 1. The summed E-state index contributed by atoms with van der Waals surface area (Å²) in [6, 6.07) is 5.44. The van der Waals surface area contributed by atoms with Gasteiger partial charge in [-0.3, -0.25) is 0 Å². The summed E-state index contributed by atoms with van der Waals surface area (Å²) in [7, 11) is 0. The van der Waals surface area contributed by atoms with Crippen LogP contribution in [0.5, 0.6) is 0 Å². The van der Waals surface area contributed by atoms with Crippen LogP contribution < -0.4 is 5.32 Å². The molecule has 2 rings (SSSR count). The molecule has 19 heavy (non-hydrogen) atoms. The van der Waals surface area contributed by atoms with Gasteiger partial charge in [-0.1, -0.05) is 11.6 Å². The van der Waals surface area contributed by atoms with E-state index in [-0.39, 0.29) is 18.9 Å². The molecule has 1 nitrogen and oxygen atoms in total. The van der Waals surface area contributed by atoms with Crippen LogP contribution in [0.25, 0.3) is 0 Å². The fourth-order valence-electron chi connectivity index (χ4n) is 2.39. The summed E-state index contributed by atoms with van der Waals surface area (Å²) in [5.74, 6) is -1.15. The second-order valence-corrected chi connectivity index (χ2v) is 6.15. The van der Waals surface area contributed by atoms with Crippen molar-refractivity contribution >= 4 is 33.2 Å². The standard InChI is InChI=1S/C13H14BrClF3N/c14-11-6-3-9(15)7-12(11)19-10-4-1-8(2-5-10)13(16,17)18/h3,6-8,10,19H,1-2,4-5H2. The molecular formula is C13H14BrClF3N. The lowest BCUT2D eigenvalue weighted by Crippen LogP contribution is -2.32. The highest BCUT2D eigenvalue weighted by Crippen LogP contribution is 2.38. The molecule has 0 radical (unpaired) electrons. The van der Waals surface area contributed by atoms with Crippen molar-refractivity contribution in [2.45, 2.75) is 37.9 Å². The Labute approximate surface area is 123 Å². The third-order valence-electron chi connectivity index (χ3n) is 3.48. The smallest absolute Gasteiger partial charge is 0.381 e. The van der Waals surface area contributed by atoms with Crippen molar-refractivity contribution in [3.8, 4) is 0 Å². The van der Waals surface area contributed by atoms with Crippen molar-refractivity contribution in [2.75, 3.05) is 5.32 Å². The molecule has 1 fully saturated rings. The average Bonchev–Trinajstić information content (AvgIpc) is 2.33. The normalized spacial score (nSPS) is 24.3. The fraction of sp³-hybridized carbons (Fsp3) is 0.538. The minimum Gasteiger partial charge on any atom is -0.381 e. The van der Waals surface area contributed by atoms with E-state index in [0.717, 1.165) is 10.2 Å². The van der Waals surface area contributed by atoms with Crippen LogP contribution in [0.2, 0.25) is 5.02 Å². The van der Waals surface area contributed by atoms with Crippen LogP contribution in [0.15, 0.2) is 22.7 Å². The van der Waals surface area contributed by atoms with Gasteiger partial charge in [0.1, 0.15) is 0 Å². The molecule has 0 saturated heterocycles. The Kier molecular flexibility index (Phi) is 4.66. The number of anilines is 1. The molecule has 0 spiro atoms. The summed E-state index contributed by atoms with van der Waals surface area (Å²) in [6.45, 7) is 0. The van der Waals surface area contributed by atoms with Gasteiger partial charge in [0, 0.05) is 15.5 Å². The Morgan fingerprint density at radius 2 is 1.79 bits per heavy atom. The van der Waals surface area contributed by atoms with Gasteiger partial charge in [0.15, 0.2) is 0 Å². The Bertz CT molecular complexity index is 442. The van der Waals surface area contributed by atoms with Crippen molar-refractivity contribution in [2.24, 2.45) is 5.92 Å². The first-order valence-corrected chi connectivity index (χ1v) is 7.31. The number of rotatable bonds is 2. The second kappa shape index (κ2) is 5.92. The maximum Gasteiger partial charge on any atom is 0.391 e. The van der Waals surface area contributed by atoms with Gasteiger partial charge < -0.3 is 5.32 Å². The largest absolute Gasteiger partial charge is 0.391 e. The van der Waals surface area contributed by atoms with Crippen LogP contribution in [-0.4, -0.2) is 12.2 Å². The topological polar surface area (TPSA) is 12.0 Å². The van der Waals surface area contributed by atoms with Gasteiger partial charge in [-0.15, -0.1) is 0 Å². The third kappa shape index (κ3) is 4.02. The van der Waals surface area contributed by atoms with Crippen molar-refractivity contribution in [1.29, 1.82) is 0 Å². The molecule has 1 aliphatic carbocycles. The fourth-order valence-corrected chi connectivity index (χ4v) is 2.93. The van der Waals surface area contributed by atoms with Crippen LogP contribution in [0.3, 0.4) is 0 Å². The number of nitrogens with one attached hydrogen (secondary N) is 1. The molecule has 0 atom stereocenters. The molecule has 1 aromatic carbocycles. The molecule has 0 bridgehead atoms. The molecule has 0 aliphatic heterocycles. The first kappa shape index (κ1) is 15.0. The quantitative estimate of drug-likeness (QED) is 0.723. The van der Waals surface area contributed by atoms with E-state index < -0.39 is 12.1 Å². The lowest BCUT2D eigenvalue weighted by molar-refractivity contribution is -0.182. The van der Waals surface area contributed by atoms with Gasteiger partial charge in [0.25, 0.3) is 0 Å². The zero-order valence-electron chi connectivity index (χ0n) is 10.1. The predicted octanol–water partition coefficient (Wildman–Crippen LogP) is 5.64. The van der Waals surface area contributed by atoms with Crippen molar-refractivity contribution in [3.63, 3.8) is 0 Å².